The van der Waals surface area contributed by atoms with Crippen LogP contribution in [0.4, 0.5) is 30.4 Å². The van der Waals surface area contributed by atoms with Crippen LogP contribution in [-0.4, -0.2) is 24.4 Å². The fourth-order valence-electron chi connectivity index (χ4n) is 3.05. The number of nitro benzene ring substituents is 1. The van der Waals surface area contributed by atoms with E-state index in [9.17, 15) is 23.3 Å². The lowest BCUT2D eigenvalue weighted by Crippen LogP contribution is -2.05. The Hall–Kier alpha value is -4.02. The molecule has 0 saturated heterocycles. The Morgan fingerprint density at radius 2 is 1.80 bits per heavy atom. The lowest BCUT2D eigenvalue weighted by atomic mass is 10.2. The van der Waals surface area contributed by atoms with Gasteiger partial charge < -0.3 is 5.32 Å². The second-order valence-corrected chi connectivity index (χ2v) is 6.36. The Kier molecular flexibility index (Phi) is 4.57. The highest BCUT2D eigenvalue weighted by atomic mass is 19.4. The van der Waals surface area contributed by atoms with Gasteiger partial charge >= 0.3 is 6.18 Å². The molecular formula is C19H13F3N6O2. The Morgan fingerprint density at radius 1 is 1.07 bits per heavy atom. The van der Waals surface area contributed by atoms with E-state index in [1.54, 1.807) is 23.6 Å². The lowest BCUT2D eigenvalue weighted by molar-refractivity contribution is -0.383. The Balaban J connectivity index is 1.70. The fraction of sp³-hybridized carbons (Fsp3) is 0.105. The fourth-order valence-corrected chi connectivity index (χ4v) is 3.05. The highest BCUT2D eigenvalue weighted by Crippen LogP contribution is 2.31. The molecule has 0 unspecified atom stereocenters. The van der Waals surface area contributed by atoms with Crippen molar-refractivity contribution >= 4 is 28.2 Å². The molecule has 2 aromatic carbocycles. The van der Waals surface area contributed by atoms with Crippen molar-refractivity contribution in [3.63, 3.8) is 0 Å². The van der Waals surface area contributed by atoms with Crippen molar-refractivity contribution in [2.75, 3.05) is 5.32 Å². The zero-order valence-electron chi connectivity index (χ0n) is 15.4. The molecule has 152 valence electrons. The van der Waals surface area contributed by atoms with E-state index in [-0.39, 0.29) is 11.2 Å². The summed E-state index contributed by atoms with van der Waals surface area (Å²) in [6.07, 6.45) is -1.54. The van der Waals surface area contributed by atoms with Crippen LogP contribution in [0.1, 0.15) is 11.4 Å². The van der Waals surface area contributed by atoms with E-state index in [1.165, 1.54) is 30.6 Å². The van der Waals surface area contributed by atoms with E-state index in [1.807, 2.05) is 0 Å². The third-order valence-electron chi connectivity index (χ3n) is 4.36. The summed E-state index contributed by atoms with van der Waals surface area (Å²) in [4.78, 5) is 23.6. The first kappa shape index (κ1) is 19.3. The summed E-state index contributed by atoms with van der Waals surface area (Å²) >= 11 is 0. The number of rotatable bonds is 4. The summed E-state index contributed by atoms with van der Waals surface area (Å²) in [6.45, 7) is 1.68. The largest absolute Gasteiger partial charge is 0.416 e. The van der Waals surface area contributed by atoms with Gasteiger partial charge in [0.05, 0.1) is 28.4 Å². The number of para-hydroxylation sites is 1. The minimum absolute atomic E-state index is 0.124. The third-order valence-corrected chi connectivity index (χ3v) is 4.36. The first-order valence-corrected chi connectivity index (χ1v) is 8.63. The molecule has 4 rings (SSSR count). The number of benzene rings is 2. The Morgan fingerprint density at radius 3 is 2.47 bits per heavy atom. The van der Waals surface area contributed by atoms with Gasteiger partial charge in [-0.05, 0) is 37.3 Å². The molecule has 4 aromatic rings. The summed E-state index contributed by atoms with van der Waals surface area (Å²) in [5.41, 5.74) is 0.235. The number of alkyl halides is 3. The molecule has 11 heteroatoms. The van der Waals surface area contributed by atoms with E-state index in [0.717, 1.165) is 12.1 Å². The molecule has 0 radical (unpaired) electrons. The van der Waals surface area contributed by atoms with Crippen molar-refractivity contribution in [2.45, 2.75) is 13.1 Å². The van der Waals surface area contributed by atoms with Crippen LogP contribution in [0, 0.1) is 17.0 Å². The molecule has 0 fully saturated rings. The van der Waals surface area contributed by atoms with Gasteiger partial charge in [-0.15, -0.1) is 0 Å². The molecular weight excluding hydrogens is 401 g/mol. The number of nitrogens with one attached hydrogen (secondary N) is 1. The summed E-state index contributed by atoms with van der Waals surface area (Å²) in [7, 11) is 0. The van der Waals surface area contributed by atoms with Crippen LogP contribution in [0.3, 0.4) is 0 Å². The molecule has 1 N–H and O–H groups in total. The lowest BCUT2D eigenvalue weighted by Gasteiger charge is -2.10. The van der Waals surface area contributed by atoms with Crippen LogP contribution in [-0.2, 0) is 6.18 Å². The minimum atomic E-state index is -4.42. The molecule has 0 aliphatic rings. The van der Waals surface area contributed by atoms with Crippen molar-refractivity contribution in [3.05, 3.63) is 76.4 Å². The van der Waals surface area contributed by atoms with Gasteiger partial charge in [0, 0.05) is 11.8 Å². The number of nitro groups is 1. The van der Waals surface area contributed by atoms with Gasteiger partial charge in [0.2, 0.25) is 0 Å². The Labute approximate surface area is 167 Å². The van der Waals surface area contributed by atoms with E-state index in [2.05, 4.69) is 20.3 Å². The van der Waals surface area contributed by atoms with Crippen molar-refractivity contribution in [1.82, 2.24) is 19.5 Å². The smallest absolute Gasteiger partial charge is 0.339 e. The highest BCUT2D eigenvalue weighted by molar-refractivity contribution is 5.86. The molecule has 2 aromatic heterocycles. The maximum absolute atomic E-state index is 12.7. The normalized spacial score (nSPS) is 11.6. The van der Waals surface area contributed by atoms with Crippen LogP contribution < -0.4 is 5.32 Å². The number of imidazole rings is 1. The molecule has 0 aliphatic heterocycles. The van der Waals surface area contributed by atoms with Gasteiger partial charge in [-0.2, -0.15) is 13.2 Å². The second-order valence-electron chi connectivity index (χ2n) is 6.36. The van der Waals surface area contributed by atoms with Crippen LogP contribution in [0.15, 0.2) is 54.9 Å². The zero-order chi connectivity index (χ0) is 21.5. The number of fused-ring (bicyclic) bond motifs is 1. The maximum atomic E-state index is 12.7. The average Bonchev–Trinajstić information content (AvgIpc) is 3.03. The quantitative estimate of drug-likeness (QED) is 0.381. The summed E-state index contributed by atoms with van der Waals surface area (Å²) in [5.74, 6) is 1.12. The first-order valence-electron chi connectivity index (χ1n) is 8.63. The predicted octanol–water partition coefficient (Wildman–Crippen LogP) is 4.79. The number of nitrogens with zero attached hydrogens (tertiary/aromatic N) is 5. The minimum Gasteiger partial charge on any atom is -0.339 e. The number of aryl methyl sites for hydroxylation is 1. The van der Waals surface area contributed by atoms with Crippen molar-refractivity contribution < 1.29 is 18.1 Å². The van der Waals surface area contributed by atoms with Gasteiger partial charge in [0.25, 0.3) is 5.69 Å². The van der Waals surface area contributed by atoms with E-state index in [4.69, 9.17) is 0 Å². The van der Waals surface area contributed by atoms with Gasteiger partial charge in [0.1, 0.15) is 5.82 Å². The third kappa shape index (κ3) is 3.52. The number of hydrogen-bond donors (Lipinski definition) is 1. The standard InChI is InChI=1S/C19H13F3N6O2/c1-11-24-18-14(3-2-4-15(18)28(29)30)27(11)17-10-23-9-16(26-17)25-13-7-5-12(6-8-13)19(20,21)22/h2-10H,1H3,(H,25,26). The highest BCUT2D eigenvalue weighted by Gasteiger charge is 2.30. The van der Waals surface area contributed by atoms with E-state index >= 15 is 0 Å². The van der Waals surface area contributed by atoms with Crippen LogP contribution >= 0.6 is 0 Å². The second kappa shape index (κ2) is 7.10. The van der Waals surface area contributed by atoms with Gasteiger partial charge in [-0.1, -0.05) is 6.07 Å². The first-order chi connectivity index (χ1) is 14.2. The molecule has 0 spiro atoms. The monoisotopic (exact) mass is 414 g/mol. The van der Waals surface area contributed by atoms with E-state index < -0.39 is 16.7 Å². The maximum Gasteiger partial charge on any atom is 0.416 e. The van der Waals surface area contributed by atoms with Gasteiger partial charge in [-0.25, -0.2) is 9.97 Å². The van der Waals surface area contributed by atoms with Gasteiger partial charge in [0.15, 0.2) is 17.2 Å². The number of hydrogen-bond acceptors (Lipinski definition) is 6. The molecule has 0 atom stereocenters. The summed E-state index contributed by atoms with van der Waals surface area (Å²) < 4.78 is 39.7. The summed E-state index contributed by atoms with van der Waals surface area (Å²) in [6, 6.07) is 9.11. The Bertz CT molecular complexity index is 1250. The number of anilines is 2. The van der Waals surface area contributed by atoms with Crippen molar-refractivity contribution in [1.29, 1.82) is 0 Å². The molecule has 0 aliphatic carbocycles. The molecule has 2 heterocycles. The summed E-state index contributed by atoms with van der Waals surface area (Å²) in [5, 5.41) is 14.2. The van der Waals surface area contributed by atoms with Crippen molar-refractivity contribution in [2.24, 2.45) is 0 Å². The molecule has 8 nitrogen and oxygen atoms in total. The number of non-ortho nitro benzene ring substituents is 1. The molecule has 0 amide bonds. The molecule has 0 bridgehead atoms. The average molecular weight is 414 g/mol. The molecule has 30 heavy (non-hydrogen) atoms. The SMILES string of the molecule is Cc1nc2c([N+](=O)[O-])cccc2n1-c1cncc(Nc2ccc(C(F)(F)F)cc2)n1. The predicted molar refractivity (Wildman–Crippen MR) is 103 cm³/mol. The topological polar surface area (TPSA) is 98.8 Å². The van der Waals surface area contributed by atoms with Crippen LogP contribution in [0.5, 0.6) is 0 Å². The number of halogens is 3. The van der Waals surface area contributed by atoms with Gasteiger partial charge in [-0.3, -0.25) is 19.7 Å². The zero-order valence-corrected chi connectivity index (χ0v) is 15.4. The van der Waals surface area contributed by atoms with E-state index in [0.29, 0.717) is 28.7 Å². The van der Waals surface area contributed by atoms with Crippen LogP contribution in [0.2, 0.25) is 0 Å². The number of aromatic nitrogens is 4. The van der Waals surface area contributed by atoms with Crippen LogP contribution in [0.25, 0.3) is 16.9 Å². The molecule has 0 saturated carbocycles. The van der Waals surface area contributed by atoms with Crippen molar-refractivity contribution in [3.8, 4) is 5.82 Å².